The fourth-order valence-electron chi connectivity index (χ4n) is 2.87. The predicted octanol–water partition coefficient (Wildman–Crippen LogP) is 5.76. The van der Waals surface area contributed by atoms with Gasteiger partial charge in [0.25, 0.3) is 5.79 Å². The van der Waals surface area contributed by atoms with Crippen molar-refractivity contribution >= 4 is 15.9 Å². The summed E-state index contributed by atoms with van der Waals surface area (Å²) in [5.41, 5.74) is 3.06. The van der Waals surface area contributed by atoms with Crippen LogP contribution < -0.4 is 9.47 Å². The predicted molar refractivity (Wildman–Crippen MR) is 94.6 cm³/mol. The Hall–Kier alpha value is -2.26. The average Bonchev–Trinajstić information content (AvgIpc) is 2.69. The van der Waals surface area contributed by atoms with Gasteiger partial charge in [0.1, 0.15) is 11.5 Å². The maximum absolute atomic E-state index is 6.32. The summed E-state index contributed by atoms with van der Waals surface area (Å²) < 4.78 is 13.7. The van der Waals surface area contributed by atoms with Gasteiger partial charge in [0.05, 0.1) is 0 Å². The van der Waals surface area contributed by atoms with Crippen LogP contribution in [0.2, 0.25) is 0 Å². The first-order valence-corrected chi connectivity index (χ1v) is 8.27. The van der Waals surface area contributed by atoms with Crippen molar-refractivity contribution in [3.8, 4) is 22.6 Å². The lowest BCUT2D eigenvalue weighted by Crippen LogP contribution is -2.35. The smallest absolute Gasteiger partial charge is 0.275 e. The lowest BCUT2D eigenvalue weighted by Gasteiger charge is -2.30. The highest BCUT2D eigenvalue weighted by Crippen LogP contribution is 2.44. The van der Waals surface area contributed by atoms with Crippen molar-refractivity contribution in [2.75, 3.05) is 0 Å². The molecule has 1 aliphatic rings. The zero-order chi connectivity index (χ0) is 15.9. The summed E-state index contributed by atoms with van der Waals surface area (Å²) in [6.07, 6.45) is 0. The van der Waals surface area contributed by atoms with Crippen LogP contribution in [0, 0.1) is 0 Å². The van der Waals surface area contributed by atoms with Crippen LogP contribution >= 0.6 is 15.9 Å². The molecule has 0 N–H and O–H groups in total. The molecule has 0 amide bonds. The van der Waals surface area contributed by atoms with Crippen molar-refractivity contribution in [2.45, 2.75) is 12.7 Å². The molecule has 0 saturated heterocycles. The number of hydrogen-bond acceptors (Lipinski definition) is 2. The van der Waals surface area contributed by atoms with E-state index in [1.165, 1.54) is 0 Å². The number of halogens is 1. The van der Waals surface area contributed by atoms with Gasteiger partial charge in [0, 0.05) is 28.1 Å². The molecule has 1 heterocycles. The van der Waals surface area contributed by atoms with Crippen LogP contribution in [0.25, 0.3) is 11.1 Å². The molecule has 3 aromatic rings. The van der Waals surface area contributed by atoms with Gasteiger partial charge < -0.3 is 9.47 Å². The van der Waals surface area contributed by atoms with Gasteiger partial charge in [0.2, 0.25) is 0 Å². The Morgan fingerprint density at radius 1 is 0.696 bits per heavy atom. The topological polar surface area (TPSA) is 18.5 Å². The van der Waals surface area contributed by atoms with Crippen LogP contribution in [0.1, 0.15) is 12.5 Å². The molecule has 0 fully saturated rings. The summed E-state index contributed by atoms with van der Waals surface area (Å²) in [6, 6.07) is 24.1. The minimum Gasteiger partial charge on any atom is -0.448 e. The molecule has 4 rings (SSSR count). The van der Waals surface area contributed by atoms with Gasteiger partial charge in [-0.05, 0) is 24.3 Å². The highest BCUT2D eigenvalue weighted by molar-refractivity contribution is 9.10. The molecule has 0 saturated carbocycles. The number of benzene rings is 3. The SMILES string of the molecule is CC1(c2ccc(Br)cc2)Oc2ccccc2-c2ccccc2O1. The highest BCUT2D eigenvalue weighted by Gasteiger charge is 2.35. The summed E-state index contributed by atoms with van der Waals surface area (Å²) in [4.78, 5) is 0. The second-order valence-corrected chi connectivity index (χ2v) is 6.56. The van der Waals surface area contributed by atoms with Gasteiger partial charge in [-0.2, -0.15) is 0 Å². The molecule has 3 heteroatoms. The van der Waals surface area contributed by atoms with Gasteiger partial charge >= 0.3 is 0 Å². The van der Waals surface area contributed by atoms with E-state index in [1.54, 1.807) is 0 Å². The highest BCUT2D eigenvalue weighted by atomic mass is 79.9. The molecule has 0 atom stereocenters. The number of rotatable bonds is 1. The first-order chi connectivity index (χ1) is 11.2. The molecule has 23 heavy (non-hydrogen) atoms. The van der Waals surface area contributed by atoms with Gasteiger partial charge in [-0.15, -0.1) is 0 Å². The van der Waals surface area contributed by atoms with Crippen molar-refractivity contribution in [1.29, 1.82) is 0 Å². The van der Waals surface area contributed by atoms with Crippen LogP contribution in [0.4, 0.5) is 0 Å². The summed E-state index contributed by atoms with van der Waals surface area (Å²) in [7, 11) is 0. The maximum Gasteiger partial charge on any atom is 0.275 e. The van der Waals surface area contributed by atoms with Crippen LogP contribution in [0.5, 0.6) is 11.5 Å². The van der Waals surface area contributed by atoms with E-state index in [-0.39, 0.29) is 0 Å². The van der Waals surface area contributed by atoms with E-state index in [4.69, 9.17) is 9.47 Å². The monoisotopic (exact) mass is 366 g/mol. The van der Waals surface area contributed by atoms with E-state index in [0.717, 1.165) is 32.7 Å². The second kappa shape index (κ2) is 5.43. The summed E-state index contributed by atoms with van der Waals surface area (Å²) in [5, 5.41) is 0. The number of fused-ring (bicyclic) bond motifs is 3. The molecule has 3 aromatic carbocycles. The minimum atomic E-state index is -0.886. The molecule has 114 valence electrons. The van der Waals surface area contributed by atoms with Crippen molar-refractivity contribution in [2.24, 2.45) is 0 Å². The van der Waals surface area contributed by atoms with Crippen LogP contribution in [0.3, 0.4) is 0 Å². The van der Waals surface area contributed by atoms with Gasteiger partial charge in [-0.3, -0.25) is 0 Å². The average molecular weight is 367 g/mol. The lowest BCUT2D eigenvalue weighted by molar-refractivity contribution is -0.102. The summed E-state index contributed by atoms with van der Waals surface area (Å²) >= 11 is 3.47. The molecule has 1 aliphatic heterocycles. The van der Waals surface area contributed by atoms with Crippen molar-refractivity contribution in [1.82, 2.24) is 0 Å². The van der Waals surface area contributed by atoms with E-state index in [0.29, 0.717) is 0 Å². The molecule has 0 bridgehead atoms. The molecule has 0 aromatic heterocycles. The summed E-state index contributed by atoms with van der Waals surface area (Å²) in [5.74, 6) is 0.759. The molecular weight excluding hydrogens is 352 g/mol. The molecule has 2 nitrogen and oxygen atoms in total. The van der Waals surface area contributed by atoms with Crippen molar-refractivity contribution < 1.29 is 9.47 Å². The Morgan fingerprint density at radius 3 is 1.70 bits per heavy atom. The van der Waals surface area contributed by atoms with E-state index in [2.05, 4.69) is 28.1 Å². The normalized spacial score (nSPS) is 14.7. The van der Waals surface area contributed by atoms with E-state index < -0.39 is 5.79 Å². The first-order valence-electron chi connectivity index (χ1n) is 7.48. The van der Waals surface area contributed by atoms with Gasteiger partial charge in [-0.1, -0.05) is 64.5 Å². The molecule has 0 unspecified atom stereocenters. The lowest BCUT2D eigenvalue weighted by atomic mass is 10.0. The van der Waals surface area contributed by atoms with Crippen LogP contribution in [0.15, 0.2) is 77.3 Å². The number of ether oxygens (including phenoxy) is 2. The van der Waals surface area contributed by atoms with Crippen molar-refractivity contribution in [3.05, 3.63) is 82.8 Å². The zero-order valence-corrected chi connectivity index (χ0v) is 14.2. The Balaban J connectivity index is 1.91. The quantitative estimate of drug-likeness (QED) is 0.544. The molecule has 0 spiro atoms. The third kappa shape index (κ3) is 2.51. The zero-order valence-electron chi connectivity index (χ0n) is 12.6. The molecule has 0 radical (unpaired) electrons. The standard InChI is InChI=1S/C20H15BrO2/c1-20(14-10-12-15(21)13-11-14)22-18-8-4-2-6-16(18)17-7-3-5-9-19(17)23-20/h2-13H,1H3. The fourth-order valence-corrected chi connectivity index (χ4v) is 3.13. The van der Waals surface area contributed by atoms with Crippen molar-refractivity contribution in [3.63, 3.8) is 0 Å². The maximum atomic E-state index is 6.32. The third-order valence-electron chi connectivity index (χ3n) is 4.04. The summed E-state index contributed by atoms with van der Waals surface area (Å²) in [6.45, 7) is 1.95. The first kappa shape index (κ1) is 14.3. The second-order valence-electron chi connectivity index (χ2n) is 5.65. The Labute approximate surface area is 143 Å². The fraction of sp³-hybridized carbons (Fsp3) is 0.100. The molecular formula is C20H15BrO2. The van der Waals surface area contributed by atoms with E-state index in [9.17, 15) is 0 Å². The van der Waals surface area contributed by atoms with Crippen LogP contribution in [-0.2, 0) is 5.79 Å². The Kier molecular flexibility index (Phi) is 3.38. The van der Waals surface area contributed by atoms with Gasteiger partial charge in [-0.25, -0.2) is 0 Å². The van der Waals surface area contributed by atoms with Crippen LogP contribution in [-0.4, -0.2) is 0 Å². The van der Waals surface area contributed by atoms with E-state index in [1.807, 2.05) is 67.6 Å². The van der Waals surface area contributed by atoms with E-state index >= 15 is 0 Å². The Bertz CT molecular complexity index is 808. The number of para-hydroxylation sites is 2. The largest absolute Gasteiger partial charge is 0.448 e. The minimum absolute atomic E-state index is 0.822. The molecule has 0 aliphatic carbocycles. The third-order valence-corrected chi connectivity index (χ3v) is 4.57. The van der Waals surface area contributed by atoms with Gasteiger partial charge in [0.15, 0.2) is 0 Å². The Morgan fingerprint density at radius 2 is 1.17 bits per heavy atom. The number of hydrogen-bond donors (Lipinski definition) is 0.